The van der Waals surface area contributed by atoms with Crippen molar-refractivity contribution in [3.05, 3.63) is 106 Å². The third kappa shape index (κ3) is 6.61. The van der Waals surface area contributed by atoms with Gasteiger partial charge in [0.2, 0.25) is 0 Å². The molecule has 0 N–H and O–H groups in total. The fraction of sp³-hybridized carbons (Fsp3) is 0.372. The summed E-state index contributed by atoms with van der Waals surface area (Å²) in [6, 6.07) is 27.5. The van der Waals surface area contributed by atoms with Crippen LogP contribution in [0.2, 0.25) is 0 Å². The van der Waals surface area contributed by atoms with Gasteiger partial charge in [-0.2, -0.15) is 0 Å². The largest absolute Gasteiger partial charge is 0.372 e. The van der Waals surface area contributed by atoms with Crippen molar-refractivity contribution < 1.29 is 0 Å². The summed E-state index contributed by atoms with van der Waals surface area (Å²) in [6.07, 6.45) is 8.90. The summed E-state index contributed by atoms with van der Waals surface area (Å²) >= 11 is 0. The van der Waals surface area contributed by atoms with Crippen molar-refractivity contribution in [3.63, 3.8) is 0 Å². The fourth-order valence-corrected chi connectivity index (χ4v) is 7.64. The molecule has 1 heterocycles. The van der Waals surface area contributed by atoms with E-state index in [9.17, 15) is 0 Å². The Morgan fingerprint density at radius 2 is 0.809 bits per heavy atom. The van der Waals surface area contributed by atoms with E-state index in [0.717, 1.165) is 65.0 Å². The number of nitrogens with zero attached hydrogens (tertiary/aromatic N) is 4. The molecule has 0 unspecified atom stereocenters. The van der Waals surface area contributed by atoms with E-state index >= 15 is 0 Å². The summed E-state index contributed by atoms with van der Waals surface area (Å²) in [4.78, 5) is 12.7. The Labute approximate surface area is 283 Å². The molecule has 47 heavy (non-hydrogen) atoms. The number of benzene rings is 3. The minimum atomic E-state index is 1.02. The molecule has 4 nitrogen and oxygen atoms in total. The van der Waals surface area contributed by atoms with Gasteiger partial charge >= 0.3 is 0 Å². The monoisotopic (exact) mass is 624 g/mol. The first-order valence-corrected chi connectivity index (χ1v) is 18.0. The maximum atomic E-state index is 5.53. The number of allylic oxidation sites excluding steroid dienone is 2. The van der Waals surface area contributed by atoms with Gasteiger partial charge in [0, 0.05) is 56.3 Å². The van der Waals surface area contributed by atoms with Crippen LogP contribution in [0, 0.1) is 0 Å². The summed E-state index contributed by atoms with van der Waals surface area (Å²) in [5.41, 5.74) is 17.1. The van der Waals surface area contributed by atoms with Crippen molar-refractivity contribution in [2.75, 3.05) is 54.0 Å². The van der Waals surface area contributed by atoms with E-state index in [2.05, 4.69) is 141 Å². The van der Waals surface area contributed by atoms with Gasteiger partial charge in [-0.05, 0) is 160 Å². The highest BCUT2D eigenvalue weighted by Gasteiger charge is 2.30. The second kappa shape index (κ2) is 14.6. The highest BCUT2D eigenvalue weighted by atomic mass is 15.1. The molecule has 1 aromatic heterocycles. The van der Waals surface area contributed by atoms with Crippen LogP contribution in [0.1, 0.15) is 88.0 Å². The number of hydrogen-bond donors (Lipinski definition) is 0. The lowest BCUT2D eigenvalue weighted by molar-refractivity contribution is 0.866. The maximum absolute atomic E-state index is 5.53. The van der Waals surface area contributed by atoms with Crippen LogP contribution < -0.4 is 14.7 Å². The topological polar surface area (TPSA) is 22.6 Å². The van der Waals surface area contributed by atoms with Crippen LogP contribution in [0.4, 0.5) is 17.1 Å². The van der Waals surface area contributed by atoms with Gasteiger partial charge in [-0.25, -0.2) is 4.98 Å². The molecule has 0 fully saturated rings. The summed E-state index contributed by atoms with van der Waals surface area (Å²) in [5.74, 6) is 0. The van der Waals surface area contributed by atoms with Crippen molar-refractivity contribution in [1.82, 2.24) is 4.98 Å². The van der Waals surface area contributed by atoms with Gasteiger partial charge in [-0.3, -0.25) is 0 Å². The molecule has 0 atom stereocenters. The molecule has 2 aliphatic carbocycles. The lowest BCUT2D eigenvalue weighted by atomic mass is 9.92. The molecule has 2 aliphatic rings. The first-order chi connectivity index (χ1) is 23.0. The SMILES string of the molecule is CCN(CC)c1ccc(/C=C2\CCc3c2nc2c(c3-c3ccc(N(CC)CC)cc3)CC/C2=C\c2ccc(N(CC)CC)cc2)cc1. The molecule has 0 amide bonds. The van der Waals surface area contributed by atoms with E-state index < -0.39 is 0 Å². The summed E-state index contributed by atoms with van der Waals surface area (Å²) < 4.78 is 0. The average Bonchev–Trinajstić information content (AvgIpc) is 3.70. The molecule has 4 aromatic rings. The zero-order valence-corrected chi connectivity index (χ0v) is 29.4. The molecule has 3 aromatic carbocycles. The standard InChI is InChI=1S/C43H52N4/c1-7-45(8-2)36-21-13-31(14-22-36)29-34-19-27-39-41(33-17-25-38(26-18-33)47(11-5)12-6)40-28-20-35(43(40)44-42(34)39)30-32-15-23-37(24-16-32)46(9-3)10-4/h13-18,21-26,29-30H,7-12,19-20,27-28H2,1-6H3/b34-29+,35-30+. The maximum Gasteiger partial charge on any atom is 0.0707 e. The molecule has 0 saturated carbocycles. The van der Waals surface area contributed by atoms with Gasteiger partial charge in [-0.15, -0.1) is 0 Å². The number of rotatable bonds is 12. The zero-order valence-electron chi connectivity index (χ0n) is 29.4. The Morgan fingerprint density at radius 3 is 1.15 bits per heavy atom. The molecule has 244 valence electrons. The Balaban J connectivity index is 1.43. The first-order valence-electron chi connectivity index (χ1n) is 18.0. The van der Waals surface area contributed by atoms with Crippen molar-refractivity contribution in [3.8, 4) is 11.1 Å². The summed E-state index contributed by atoms with van der Waals surface area (Å²) in [6.45, 7) is 19.5. The van der Waals surface area contributed by atoms with E-state index in [0.29, 0.717) is 0 Å². The van der Waals surface area contributed by atoms with Crippen molar-refractivity contribution >= 4 is 40.4 Å². The van der Waals surface area contributed by atoms with Gasteiger partial charge in [0.05, 0.1) is 11.4 Å². The Morgan fingerprint density at radius 1 is 0.468 bits per heavy atom. The highest BCUT2D eigenvalue weighted by Crippen LogP contribution is 2.46. The van der Waals surface area contributed by atoms with Crippen LogP contribution >= 0.6 is 0 Å². The molecule has 0 radical (unpaired) electrons. The second-order valence-corrected chi connectivity index (χ2v) is 12.7. The van der Waals surface area contributed by atoms with Crippen molar-refractivity contribution in [2.24, 2.45) is 0 Å². The number of fused-ring (bicyclic) bond motifs is 2. The molecule has 0 bridgehead atoms. The van der Waals surface area contributed by atoms with E-state index in [-0.39, 0.29) is 0 Å². The van der Waals surface area contributed by atoms with Gasteiger partial charge < -0.3 is 14.7 Å². The molecule has 0 aliphatic heterocycles. The normalized spacial score (nSPS) is 15.3. The summed E-state index contributed by atoms with van der Waals surface area (Å²) in [7, 11) is 0. The molecule has 4 heteroatoms. The minimum Gasteiger partial charge on any atom is -0.372 e. The van der Waals surface area contributed by atoms with Crippen LogP contribution in [-0.4, -0.2) is 44.3 Å². The summed E-state index contributed by atoms with van der Waals surface area (Å²) in [5, 5.41) is 0. The third-order valence-electron chi connectivity index (χ3n) is 10.3. The molecule has 6 rings (SSSR count). The highest BCUT2D eigenvalue weighted by molar-refractivity contribution is 5.94. The first kappa shape index (κ1) is 32.6. The van der Waals surface area contributed by atoms with Crippen LogP contribution in [0.3, 0.4) is 0 Å². The van der Waals surface area contributed by atoms with Crippen molar-refractivity contribution in [1.29, 1.82) is 0 Å². The third-order valence-corrected chi connectivity index (χ3v) is 10.3. The molecular weight excluding hydrogens is 573 g/mol. The van der Waals surface area contributed by atoms with Gasteiger partial charge in [0.25, 0.3) is 0 Å². The fourth-order valence-electron chi connectivity index (χ4n) is 7.64. The Kier molecular flexibility index (Phi) is 10.2. The molecule has 0 saturated heterocycles. The van der Waals surface area contributed by atoms with Crippen LogP contribution in [0.25, 0.3) is 34.4 Å². The van der Waals surface area contributed by atoms with E-state index in [1.54, 1.807) is 0 Å². The minimum absolute atomic E-state index is 1.02. The van der Waals surface area contributed by atoms with Crippen molar-refractivity contribution in [2.45, 2.75) is 67.2 Å². The van der Waals surface area contributed by atoms with Crippen LogP contribution in [-0.2, 0) is 12.8 Å². The Bertz CT molecular complexity index is 1620. The second-order valence-electron chi connectivity index (χ2n) is 12.7. The molecule has 0 spiro atoms. The predicted molar refractivity (Wildman–Crippen MR) is 206 cm³/mol. The van der Waals surface area contributed by atoms with E-state index in [4.69, 9.17) is 4.98 Å². The van der Waals surface area contributed by atoms with Gasteiger partial charge in [-0.1, -0.05) is 36.4 Å². The quantitative estimate of drug-likeness (QED) is 0.156. The van der Waals surface area contributed by atoms with E-state index in [1.165, 1.54) is 73.0 Å². The smallest absolute Gasteiger partial charge is 0.0707 e. The predicted octanol–water partition coefficient (Wildman–Crippen LogP) is 10.3. The lowest BCUT2D eigenvalue weighted by Crippen LogP contribution is -2.21. The van der Waals surface area contributed by atoms with Crippen LogP contribution in [0.15, 0.2) is 72.8 Å². The van der Waals surface area contributed by atoms with E-state index in [1.807, 2.05) is 0 Å². The number of aromatic nitrogens is 1. The zero-order chi connectivity index (χ0) is 32.9. The lowest BCUT2D eigenvalue weighted by Gasteiger charge is -2.22. The van der Waals surface area contributed by atoms with Crippen LogP contribution in [0.5, 0.6) is 0 Å². The van der Waals surface area contributed by atoms with Gasteiger partial charge in [0.1, 0.15) is 0 Å². The number of pyridine rings is 1. The number of anilines is 3. The molecular formula is C43H52N4. The average molecular weight is 625 g/mol. The van der Waals surface area contributed by atoms with Gasteiger partial charge in [0.15, 0.2) is 0 Å². The number of hydrogen-bond acceptors (Lipinski definition) is 4. The Hall–Kier alpha value is -4.31.